The summed E-state index contributed by atoms with van der Waals surface area (Å²) in [5.41, 5.74) is 0. The van der Waals surface area contributed by atoms with E-state index in [4.69, 9.17) is 0 Å². The summed E-state index contributed by atoms with van der Waals surface area (Å²) in [6, 6.07) is 0. The average molecular weight is 275 g/mol. The van der Waals surface area contributed by atoms with Crippen molar-refractivity contribution in [2.24, 2.45) is 11.8 Å². The maximum atomic E-state index is 11.6. The standard InChI is InChI=1S/C14H29NO2S/c1-12(2)18(16,17)11-10-15-9-8-14-6-4-13(3)5-7-14/h12-15H,4-11H2,1-3H3. The fourth-order valence-corrected chi connectivity index (χ4v) is 3.40. The van der Waals surface area contributed by atoms with Gasteiger partial charge in [0.2, 0.25) is 0 Å². The Morgan fingerprint density at radius 2 is 1.72 bits per heavy atom. The Bertz CT molecular complexity index is 317. The molecule has 1 saturated carbocycles. The van der Waals surface area contributed by atoms with Crippen LogP contribution in [0.25, 0.3) is 0 Å². The van der Waals surface area contributed by atoms with Crippen LogP contribution < -0.4 is 5.32 Å². The van der Waals surface area contributed by atoms with Crippen molar-refractivity contribution in [1.82, 2.24) is 5.32 Å². The van der Waals surface area contributed by atoms with Crippen LogP contribution >= 0.6 is 0 Å². The first kappa shape index (κ1) is 16.0. The largest absolute Gasteiger partial charge is 0.316 e. The minimum absolute atomic E-state index is 0.251. The van der Waals surface area contributed by atoms with E-state index >= 15 is 0 Å². The lowest BCUT2D eigenvalue weighted by molar-refractivity contribution is 0.276. The second-order valence-electron chi connectivity index (χ2n) is 6.08. The number of hydrogen-bond donors (Lipinski definition) is 1. The topological polar surface area (TPSA) is 46.2 Å². The first-order valence-electron chi connectivity index (χ1n) is 7.34. The molecule has 0 aliphatic heterocycles. The van der Waals surface area contributed by atoms with Crippen molar-refractivity contribution in [3.8, 4) is 0 Å². The van der Waals surface area contributed by atoms with Crippen LogP contribution in [0.3, 0.4) is 0 Å². The zero-order valence-electron chi connectivity index (χ0n) is 12.1. The first-order valence-corrected chi connectivity index (χ1v) is 9.05. The molecule has 0 bridgehead atoms. The van der Waals surface area contributed by atoms with Gasteiger partial charge in [-0.2, -0.15) is 0 Å². The summed E-state index contributed by atoms with van der Waals surface area (Å²) in [6.45, 7) is 7.40. The molecule has 0 aromatic rings. The van der Waals surface area contributed by atoms with Crippen LogP contribution in [0.15, 0.2) is 0 Å². The molecule has 0 aromatic heterocycles. The third kappa shape index (κ3) is 5.70. The quantitative estimate of drug-likeness (QED) is 0.727. The van der Waals surface area contributed by atoms with Gasteiger partial charge in [-0.1, -0.05) is 32.6 Å². The number of rotatable bonds is 7. The van der Waals surface area contributed by atoms with Crippen molar-refractivity contribution < 1.29 is 8.42 Å². The van der Waals surface area contributed by atoms with Crippen molar-refractivity contribution >= 4 is 9.84 Å². The third-order valence-electron chi connectivity index (χ3n) is 4.15. The molecule has 1 N–H and O–H groups in total. The molecule has 3 nitrogen and oxygen atoms in total. The van der Waals surface area contributed by atoms with Gasteiger partial charge in [-0.25, -0.2) is 8.42 Å². The van der Waals surface area contributed by atoms with Crippen LogP contribution in [0.5, 0.6) is 0 Å². The van der Waals surface area contributed by atoms with Crippen LogP contribution in [0.1, 0.15) is 52.9 Å². The Labute approximate surface area is 113 Å². The summed E-state index contributed by atoms with van der Waals surface area (Å²) in [7, 11) is -2.87. The SMILES string of the molecule is CC1CCC(CCNCCS(=O)(=O)C(C)C)CC1. The van der Waals surface area contributed by atoms with Crippen LogP contribution in [0.4, 0.5) is 0 Å². The summed E-state index contributed by atoms with van der Waals surface area (Å²) < 4.78 is 23.2. The molecule has 4 heteroatoms. The fourth-order valence-electron chi connectivity index (χ4n) is 2.50. The monoisotopic (exact) mass is 275 g/mol. The Morgan fingerprint density at radius 1 is 1.11 bits per heavy atom. The Balaban J connectivity index is 2.06. The van der Waals surface area contributed by atoms with Crippen molar-refractivity contribution in [3.05, 3.63) is 0 Å². The van der Waals surface area contributed by atoms with E-state index in [0.717, 1.165) is 18.4 Å². The molecule has 0 unspecified atom stereocenters. The molecule has 0 radical (unpaired) electrons. The van der Waals surface area contributed by atoms with Gasteiger partial charge in [-0.05, 0) is 38.6 Å². The van der Waals surface area contributed by atoms with E-state index in [-0.39, 0.29) is 11.0 Å². The lowest BCUT2D eigenvalue weighted by atomic mass is 9.81. The molecule has 0 heterocycles. The predicted molar refractivity (Wildman–Crippen MR) is 77.5 cm³/mol. The highest BCUT2D eigenvalue weighted by molar-refractivity contribution is 7.92. The zero-order chi connectivity index (χ0) is 13.6. The lowest BCUT2D eigenvalue weighted by Crippen LogP contribution is -2.29. The predicted octanol–water partition coefficient (Wildman–Crippen LogP) is 2.62. The Hall–Kier alpha value is -0.0900. The second-order valence-corrected chi connectivity index (χ2v) is 8.76. The van der Waals surface area contributed by atoms with Crippen molar-refractivity contribution in [2.75, 3.05) is 18.8 Å². The maximum Gasteiger partial charge on any atom is 0.153 e. The van der Waals surface area contributed by atoms with Crippen LogP contribution in [-0.2, 0) is 9.84 Å². The van der Waals surface area contributed by atoms with E-state index in [1.54, 1.807) is 13.8 Å². The minimum Gasteiger partial charge on any atom is -0.316 e. The maximum absolute atomic E-state index is 11.6. The van der Waals surface area contributed by atoms with Gasteiger partial charge in [0.05, 0.1) is 11.0 Å². The summed E-state index contributed by atoms with van der Waals surface area (Å²) in [6.07, 6.45) is 6.65. The third-order valence-corrected chi connectivity index (χ3v) is 6.36. The van der Waals surface area contributed by atoms with E-state index in [0.29, 0.717) is 6.54 Å². The molecule has 108 valence electrons. The molecule has 0 spiro atoms. The van der Waals surface area contributed by atoms with Gasteiger partial charge in [-0.3, -0.25) is 0 Å². The first-order chi connectivity index (χ1) is 8.42. The minimum atomic E-state index is -2.87. The second kappa shape index (κ2) is 7.49. The lowest BCUT2D eigenvalue weighted by Gasteiger charge is -2.26. The highest BCUT2D eigenvalue weighted by Gasteiger charge is 2.18. The van der Waals surface area contributed by atoms with Crippen LogP contribution in [-0.4, -0.2) is 32.5 Å². The fraction of sp³-hybridized carbons (Fsp3) is 1.00. The molecule has 0 saturated heterocycles. The van der Waals surface area contributed by atoms with E-state index in [1.165, 1.54) is 32.1 Å². The molecule has 1 aliphatic rings. The van der Waals surface area contributed by atoms with Crippen LogP contribution in [0, 0.1) is 11.8 Å². The molecule has 1 rings (SSSR count). The van der Waals surface area contributed by atoms with Gasteiger partial charge in [-0.15, -0.1) is 0 Å². The Kier molecular flexibility index (Phi) is 6.64. The number of nitrogens with one attached hydrogen (secondary N) is 1. The zero-order valence-corrected chi connectivity index (χ0v) is 12.9. The highest BCUT2D eigenvalue weighted by atomic mass is 32.2. The van der Waals surface area contributed by atoms with Crippen LogP contribution in [0.2, 0.25) is 0 Å². The van der Waals surface area contributed by atoms with Gasteiger partial charge in [0.15, 0.2) is 9.84 Å². The molecule has 18 heavy (non-hydrogen) atoms. The van der Waals surface area contributed by atoms with Gasteiger partial charge < -0.3 is 5.32 Å². The normalized spacial score (nSPS) is 25.6. The summed E-state index contributed by atoms with van der Waals surface area (Å²) in [5.74, 6) is 2.03. The van der Waals surface area contributed by atoms with Crippen molar-refractivity contribution in [1.29, 1.82) is 0 Å². The number of sulfone groups is 1. The Morgan fingerprint density at radius 3 is 2.28 bits per heavy atom. The molecular formula is C14H29NO2S. The number of hydrogen-bond acceptors (Lipinski definition) is 3. The molecule has 0 aromatic carbocycles. The van der Waals surface area contributed by atoms with E-state index in [1.807, 2.05) is 0 Å². The average Bonchev–Trinajstić information content (AvgIpc) is 2.31. The molecule has 1 fully saturated rings. The summed E-state index contributed by atoms with van der Waals surface area (Å²) in [5, 5.41) is 3.02. The van der Waals surface area contributed by atoms with E-state index < -0.39 is 9.84 Å². The van der Waals surface area contributed by atoms with Gasteiger partial charge >= 0.3 is 0 Å². The molecule has 1 aliphatic carbocycles. The van der Waals surface area contributed by atoms with Gasteiger partial charge in [0.1, 0.15) is 0 Å². The van der Waals surface area contributed by atoms with E-state index in [2.05, 4.69) is 12.2 Å². The van der Waals surface area contributed by atoms with Gasteiger partial charge in [0.25, 0.3) is 0 Å². The van der Waals surface area contributed by atoms with Crippen molar-refractivity contribution in [2.45, 2.75) is 58.1 Å². The highest BCUT2D eigenvalue weighted by Crippen LogP contribution is 2.29. The smallest absolute Gasteiger partial charge is 0.153 e. The molecule has 0 atom stereocenters. The van der Waals surface area contributed by atoms with Gasteiger partial charge in [0, 0.05) is 6.54 Å². The molecular weight excluding hydrogens is 246 g/mol. The summed E-state index contributed by atoms with van der Waals surface area (Å²) in [4.78, 5) is 0. The molecule has 0 amide bonds. The van der Waals surface area contributed by atoms with E-state index in [9.17, 15) is 8.42 Å². The van der Waals surface area contributed by atoms with Crippen molar-refractivity contribution in [3.63, 3.8) is 0 Å². The summed E-state index contributed by atoms with van der Waals surface area (Å²) >= 11 is 0.